The normalized spacial score (nSPS) is 12.4. The molecule has 0 fully saturated rings. The molecule has 24 heavy (non-hydrogen) atoms. The van der Waals surface area contributed by atoms with Crippen molar-refractivity contribution in [3.05, 3.63) is 65.7 Å². The van der Waals surface area contributed by atoms with Gasteiger partial charge in [0, 0.05) is 11.3 Å². The Bertz CT molecular complexity index is 772. The van der Waals surface area contributed by atoms with Crippen LogP contribution in [0.4, 0.5) is 5.69 Å². The molecule has 2 aromatic rings. The van der Waals surface area contributed by atoms with E-state index in [0.29, 0.717) is 11.3 Å². The molecule has 0 aliphatic carbocycles. The molecule has 0 saturated heterocycles. The molecule has 0 heterocycles. The van der Waals surface area contributed by atoms with Crippen LogP contribution in [0, 0.1) is 0 Å². The van der Waals surface area contributed by atoms with Crippen LogP contribution >= 0.6 is 0 Å². The zero-order valence-electron chi connectivity index (χ0n) is 13.8. The highest BCUT2D eigenvalue weighted by Gasteiger charge is 2.14. The van der Waals surface area contributed by atoms with Crippen LogP contribution in [0.5, 0.6) is 0 Å². The summed E-state index contributed by atoms with van der Waals surface area (Å²) in [6, 6.07) is 16.1. The Balaban J connectivity index is 2.07. The summed E-state index contributed by atoms with van der Waals surface area (Å²) in [6.07, 6.45) is 0.782. The van der Waals surface area contributed by atoms with Gasteiger partial charge in [0.2, 0.25) is 10.0 Å². The largest absolute Gasteiger partial charge is 0.345 e. The molecule has 128 valence electrons. The summed E-state index contributed by atoms with van der Waals surface area (Å²) in [5, 5.41) is 3.00. The molecule has 0 spiro atoms. The van der Waals surface area contributed by atoms with Crippen LogP contribution in [0.25, 0.3) is 0 Å². The van der Waals surface area contributed by atoms with Crippen LogP contribution in [-0.2, 0) is 10.0 Å². The third kappa shape index (κ3) is 4.83. The average Bonchev–Trinajstić information content (AvgIpc) is 2.60. The van der Waals surface area contributed by atoms with Crippen molar-refractivity contribution in [2.45, 2.75) is 26.3 Å². The van der Waals surface area contributed by atoms with Gasteiger partial charge in [-0.1, -0.05) is 37.3 Å². The van der Waals surface area contributed by atoms with Crippen molar-refractivity contribution in [2.75, 3.05) is 10.5 Å². The summed E-state index contributed by atoms with van der Waals surface area (Å²) in [4.78, 5) is 12.4. The molecule has 0 radical (unpaired) electrons. The minimum Gasteiger partial charge on any atom is -0.345 e. The number of carbonyl (C=O) groups is 1. The van der Waals surface area contributed by atoms with E-state index in [1.807, 2.05) is 37.3 Å². The molecule has 0 bridgehead atoms. The van der Waals surface area contributed by atoms with Gasteiger partial charge in [0.1, 0.15) is 0 Å². The number of hydrogen-bond donors (Lipinski definition) is 2. The summed E-state index contributed by atoms with van der Waals surface area (Å²) < 4.78 is 25.5. The van der Waals surface area contributed by atoms with E-state index in [1.54, 1.807) is 31.2 Å². The standard InChI is InChI=1S/C18H22N2O3S/c1-3-17(14-8-6-5-7-9-14)19-18(21)15-10-12-16(13-11-15)20-24(22,23)4-2/h5-13,17,20H,3-4H2,1-2H3,(H,19,21)/t17-/m1/s1. The quantitative estimate of drug-likeness (QED) is 0.807. The molecule has 6 heteroatoms. The SMILES string of the molecule is CC[C@@H](NC(=O)c1ccc(NS(=O)(=O)CC)cc1)c1ccccc1. The van der Waals surface area contributed by atoms with Crippen molar-refractivity contribution >= 4 is 21.6 Å². The Labute approximate surface area is 143 Å². The number of carbonyl (C=O) groups excluding carboxylic acids is 1. The van der Waals surface area contributed by atoms with Crippen molar-refractivity contribution < 1.29 is 13.2 Å². The lowest BCUT2D eigenvalue weighted by Crippen LogP contribution is -2.28. The van der Waals surface area contributed by atoms with Gasteiger partial charge in [0.15, 0.2) is 0 Å². The number of nitrogens with one attached hydrogen (secondary N) is 2. The minimum absolute atomic E-state index is 0.00446. The molecule has 1 atom stereocenters. The van der Waals surface area contributed by atoms with E-state index in [9.17, 15) is 13.2 Å². The average molecular weight is 346 g/mol. The van der Waals surface area contributed by atoms with E-state index in [0.717, 1.165) is 12.0 Å². The topological polar surface area (TPSA) is 75.3 Å². The highest BCUT2D eigenvalue weighted by Crippen LogP contribution is 2.17. The van der Waals surface area contributed by atoms with Crippen LogP contribution in [0.3, 0.4) is 0 Å². The van der Waals surface area contributed by atoms with Crippen LogP contribution < -0.4 is 10.0 Å². The summed E-state index contributed by atoms with van der Waals surface area (Å²) in [7, 11) is -3.32. The zero-order valence-corrected chi connectivity index (χ0v) is 14.6. The second-order valence-corrected chi connectivity index (χ2v) is 7.44. The number of hydrogen-bond acceptors (Lipinski definition) is 3. The molecule has 0 unspecified atom stereocenters. The first-order chi connectivity index (χ1) is 11.4. The monoisotopic (exact) mass is 346 g/mol. The summed E-state index contributed by atoms with van der Waals surface area (Å²) in [6.45, 7) is 3.58. The van der Waals surface area contributed by atoms with Crippen molar-refractivity contribution in [2.24, 2.45) is 0 Å². The van der Waals surface area contributed by atoms with Gasteiger partial charge in [-0.3, -0.25) is 9.52 Å². The molecule has 2 N–H and O–H groups in total. The number of anilines is 1. The number of sulfonamides is 1. The third-order valence-electron chi connectivity index (χ3n) is 3.72. The first-order valence-corrected chi connectivity index (χ1v) is 9.56. The van der Waals surface area contributed by atoms with E-state index >= 15 is 0 Å². The lowest BCUT2D eigenvalue weighted by molar-refractivity contribution is 0.0935. The first-order valence-electron chi connectivity index (χ1n) is 7.91. The Morgan fingerprint density at radius 1 is 1.00 bits per heavy atom. The Kier molecular flexibility index (Phi) is 5.98. The maximum absolute atomic E-state index is 12.4. The van der Waals surface area contributed by atoms with Gasteiger partial charge < -0.3 is 5.32 Å². The van der Waals surface area contributed by atoms with Gasteiger partial charge in [-0.15, -0.1) is 0 Å². The maximum atomic E-state index is 12.4. The molecule has 0 aromatic heterocycles. The van der Waals surface area contributed by atoms with Gasteiger partial charge in [0.05, 0.1) is 11.8 Å². The van der Waals surface area contributed by atoms with Crippen molar-refractivity contribution in [1.29, 1.82) is 0 Å². The molecule has 2 rings (SSSR count). The molecule has 0 aliphatic heterocycles. The molecule has 1 amide bonds. The lowest BCUT2D eigenvalue weighted by Gasteiger charge is -2.17. The van der Waals surface area contributed by atoms with E-state index in [2.05, 4.69) is 10.0 Å². The highest BCUT2D eigenvalue weighted by atomic mass is 32.2. The highest BCUT2D eigenvalue weighted by molar-refractivity contribution is 7.92. The number of rotatable bonds is 7. The van der Waals surface area contributed by atoms with Gasteiger partial charge in [-0.05, 0) is 43.2 Å². The molecule has 0 aliphatic rings. The van der Waals surface area contributed by atoms with Crippen LogP contribution in [0.15, 0.2) is 54.6 Å². The van der Waals surface area contributed by atoms with Crippen molar-refractivity contribution in [3.63, 3.8) is 0 Å². The zero-order chi connectivity index (χ0) is 17.6. The van der Waals surface area contributed by atoms with Crippen LogP contribution in [0.2, 0.25) is 0 Å². The maximum Gasteiger partial charge on any atom is 0.251 e. The summed E-state index contributed by atoms with van der Waals surface area (Å²) >= 11 is 0. The molecule has 2 aromatic carbocycles. The Morgan fingerprint density at radius 2 is 1.62 bits per heavy atom. The van der Waals surface area contributed by atoms with E-state index in [4.69, 9.17) is 0 Å². The van der Waals surface area contributed by atoms with Gasteiger partial charge in [-0.2, -0.15) is 0 Å². The molecular formula is C18H22N2O3S. The summed E-state index contributed by atoms with van der Waals surface area (Å²) in [5.74, 6) is -0.180. The van der Waals surface area contributed by atoms with Crippen LogP contribution in [-0.4, -0.2) is 20.1 Å². The second kappa shape index (κ2) is 7.97. The lowest BCUT2D eigenvalue weighted by atomic mass is 10.0. The van der Waals surface area contributed by atoms with E-state index in [1.165, 1.54) is 0 Å². The Morgan fingerprint density at radius 3 is 2.17 bits per heavy atom. The van der Waals surface area contributed by atoms with Gasteiger partial charge >= 0.3 is 0 Å². The van der Waals surface area contributed by atoms with Gasteiger partial charge in [0.25, 0.3) is 5.91 Å². The predicted molar refractivity (Wildman–Crippen MR) is 96.5 cm³/mol. The third-order valence-corrected chi connectivity index (χ3v) is 5.02. The fourth-order valence-electron chi connectivity index (χ4n) is 2.29. The van der Waals surface area contributed by atoms with Crippen LogP contribution in [0.1, 0.15) is 42.2 Å². The first kappa shape index (κ1) is 18.0. The second-order valence-electron chi connectivity index (χ2n) is 5.43. The van der Waals surface area contributed by atoms with E-state index in [-0.39, 0.29) is 17.7 Å². The van der Waals surface area contributed by atoms with E-state index < -0.39 is 10.0 Å². The molecule has 0 saturated carbocycles. The number of amides is 1. The minimum atomic E-state index is -3.32. The summed E-state index contributed by atoms with van der Waals surface area (Å²) in [5.41, 5.74) is 1.99. The predicted octanol–water partition coefficient (Wildman–Crippen LogP) is 3.33. The molecular weight excluding hydrogens is 324 g/mol. The smallest absolute Gasteiger partial charge is 0.251 e. The Hall–Kier alpha value is -2.34. The fourth-order valence-corrected chi connectivity index (χ4v) is 2.93. The van der Waals surface area contributed by atoms with Gasteiger partial charge in [-0.25, -0.2) is 8.42 Å². The van der Waals surface area contributed by atoms with Crippen molar-refractivity contribution in [1.82, 2.24) is 5.32 Å². The number of benzene rings is 2. The van der Waals surface area contributed by atoms with Crippen molar-refractivity contribution in [3.8, 4) is 0 Å². The molecule has 5 nitrogen and oxygen atoms in total. The fraction of sp³-hybridized carbons (Fsp3) is 0.278.